The second-order valence-electron chi connectivity index (χ2n) is 3.75. The first-order valence-electron chi connectivity index (χ1n) is 4.03. The van der Waals surface area contributed by atoms with Crippen LogP contribution in [0.5, 0.6) is 0 Å². The van der Waals surface area contributed by atoms with Crippen LogP contribution < -0.4 is 4.57 Å². The van der Waals surface area contributed by atoms with Crippen LogP contribution in [0.3, 0.4) is 0 Å². The molecule has 1 heterocycles. The fourth-order valence-corrected chi connectivity index (χ4v) is 1.83. The number of aromatic nitrogens is 1. The highest BCUT2D eigenvalue weighted by molar-refractivity contribution is 7.09. The van der Waals surface area contributed by atoms with Crippen molar-refractivity contribution in [3.63, 3.8) is 0 Å². The zero-order chi connectivity index (χ0) is 8.48. The monoisotopic (exact) mass is 170 g/mol. The van der Waals surface area contributed by atoms with Gasteiger partial charge in [-0.05, 0) is 6.42 Å². The van der Waals surface area contributed by atoms with Crippen LogP contribution in [0.15, 0.2) is 11.7 Å². The van der Waals surface area contributed by atoms with Crippen LogP contribution >= 0.6 is 11.3 Å². The molecule has 0 atom stereocenters. The van der Waals surface area contributed by atoms with Gasteiger partial charge < -0.3 is 0 Å². The molecule has 0 aromatic carbocycles. The summed E-state index contributed by atoms with van der Waals surface area (Å²) in [5.41, 5.74) is 2.43. The Hall–Kier alpha value is -0.370. The standard InChI is InChI=1S/C9H16NS/c1-5-8-6-10(7-11-8)9(2,3)4/h6-7H,5H2,1-4H3/q+1. The van der Waals surface area contributed by atoms with Crippen molar-refractivity contribution in [3.8, 4) is 0 Å². The van der Waals surface area contributed by atoms with Gasteiger partial charge in [0.15, 0.2) is 11.7 Å². The van der Waals surface area contributed by atoms with Crippen molar-refractivity contribution >= 4 is 11.3 Å². The smallest absolute Gasteiger partial charge is 0.191 e. The number of hydrogen-bond donors (Lipinski definition) is 0. The molecule has 0 unspecified atom stereocenters. The van der Waals surface area contributed by atoms with Gasteiger partial charge in [-0.1, -0.05) is 18.3 Å². The van der Waals surface area contributed by atoms with Gasteiger partial charge in [0.1, 0.15) is 0 Å². The highest BCUT2D eigenvalue weighted by Gasteiger charge is 2.22. The van der Waals surface area contributed by atoms with Crippen molar-refractivity contribution in [1.29, 1.82) is 0 Å². The number of aryl methyl sites for hydroxylation is 1. The normalized spacial score (nSPS) is 12.0. The molecule has 0 spiro atoms. The average Bonchev–Trinajstić information content (AvgIpc) is 2.32. The highest BCUT2D eigenvalue weighted by atomic mass is 32.1. The average molecular weight is 170 g/mol. The molecule has 0 aliphatic heterocycles. The molecule has 2 heteroatoms. The van der Waals surface area contributed by atoms with Crippen LogP contribution in [-0.2, 0) is 12.0 Å². The van der Waals surface area contributed by atoms with Gasteiger partial charge in [0.05, 0.1) is 4.88 Å². The van der Waals surface area contributed by atoms with Crippen molar-refractivity contribution in [2.45, 2.75) is 39.7 Å². The van der Waals surface area contributed by atoms with E-state index in [0.29, 0.717) is 0 Å². The first kappa shape index (κ1) is 8.72. The van der Waals surface area contributed by atoms with Gasteiger partial charge in [-0.15, -0.1) is 0 Å². The third-order valence-corrected chi connectivity index (χ3v) is 2.75. The molecule has 0 saturated carbocycles. The fraction of sp³-hybridized carbons (Fsp3) is 0.667. The van der Waals surface area contributed by atoms with Crippen LogP contribution in [0.1, 0.15) is 32.6 Å². The number of hydrogen-bond acceptors (Lipinski definition) is 1. The maximum atomic E-state index is 2.27. The minimum Gasteiger partial charge on any atom is -0.191 e. The Morgan fingerprint density at radius 2 is 2.09 bits per heavy atom. The predicted octanol–water partition coefficient (Wildman–Crippen LogP) is 2.35. The van der Waals surface area contributed by atoms with Gasteiger partial charge in [-0.3, -0.25) is 0 Å². The van der Waals surface area contributed by atoms with Crippen molar-refractivity contribution in [1.82, 2.24) is 0 Å². The Balaban J connectivity index is 2.89. The molecular formula is C9H16NS+. The molecule has 0 radical (unpaired) electrons. The molecule has 1 rings (SSSR count). The van der Waals surface area contributed by atoms with Crippen LogP contribution in [0.2, 0.25) is 0 Å². The van der Waals surface area contributed by atoms with Gasteiger partial charge in [0, 0.05) is 20.8 Å². The molecule has 0 amide bonds. The summed E-state index contributed by atoms with van der Waals surface area (Å²) in [7, 11) is 0. The molecule has 0 aliphatic rings. The number of nitrogens with zero attached hydrogens (tertiary/aromatic N) is 1. The van der Waals surface area contributed by atoms with Gasteiger partial charge >= 0.3 is 0 Å². The first-order chi connectivity index (χ1) is 5.04. The molecule has 0 aliphatic carbocycles. The van der Waals surface area contributed by atoms with Gasteiger partial charge in [-0.2, -0.15) is 4.57 Å². The van der Waals surface area contributed by atoms with Crippen LogP contribution in [0, 0.1) is 0 Å². The number of thiazole rings is 1. The summed E-state index contributed by atoms with van der Waals surface area (Å²) < 4.78 is 2.27. The Kier molecular flexibility index (Phi) is 2.33. The molecule has 0 saturated heterocycles. The maximum absolute atomic E-state index is 2.27. The second-order valence-corrected chi connectivity index (χ2v) is 4.72. The lowest BCUT2D eigenvalue weighted by Gasteiger charge is -2.09. The summed E-state index contributed by atoms with van der Waals surface area (Å²) in [4.78, 5) is 1.46. The lowest BCUT2D eigenvalue weighted by Crippen LogP contribution is -2.48. The molecule has 0 fully saturated rings. The van der Waals surface area contributed by atoms with Gasteiger partial charge in [0.2, 0.25) is 5.51 Å². The van der Waals surface area contributed by atoms with E-state index in [-0.39, 0.29) is 5.54 Å². The van der Waals surface area contributed by atoms with Crippen LogP contribution in [-0.4, -0.2) is 0 Å². The molecule has 1 nitrogen and oxygen atoms in total. The molecule has 0 bridgehead atoms. The second kappa shape index (κ2) is 2.94. The van der Waals surface area contributed by atoms with Gasteiger partial charge in [-0.25, -0.2) is 0 Å². The third-order valence-electron chi connectivity index (χ3n) is 1.72. The zero-order valence-corrected chi connectivity index (χ0v) is 8.53. The number of rotatable bonds is 1. The van der Waals surface area contributed by atoms with E-state index in [0.717, 1.165) is 6.42 Å². The van der Waals surface area contributed by atoms with Crippen molar-refractivity contribution in [2.24, 2.45) is 0 Å². The topological polar surface area (TPSA) is 3.88 Å². The largest absolute Gasteiger partial charge is 0.225 e. The molecule has 0 N–H and O–H groups in total. The maximum Gasteiger partial charge on any atom is 0.225 e. The van der Waals surface area contributed by atoms with Gasteiger partial charge in [0.25, 0.3) is 0 Å². The fourth-order valence-electron chi connectivity index (χ4n) is 0.867. The molecule has 11 heavy (non-hydrogen) atoms. The third kappa shape index (κ3) is 2.03. The van der Waals surface area contributed by atoms with Crippen LogP contribution in [0.4, 0.5) is 0 Å². The van der Waals surface area contributed by atoms with E-state index >= 15 is 0 Å². The van der Waals surface area contributed by atoms with Crippen molar-refractivity contribution in [2.75, 3.05) is 0 Å². The predicted molar refractivity (Wildman–Crippen MR) is 48.9 cm³/mol. The van der Waals surface area contributed by atoms with E-state index in [4.69, 9.17) is 0 Å². The lowest BCUT2D eigenvalue weighted by atomic mass is 10.1. The quantitative estimate of drug-likeness (QED) is 0.570. The molecule has 1 aromatic heterocycles. The minimum atomic E-state index is 0.240. The molecule has 62 valence electrons. The highest BCUT2D eigenvalue weighted by Crippen LogP contribution is 2.10. The first-order valence-corrected chi connectivity index (χ1v) is 4.91. The minimum absolute atomic E-state index is 0.240. The Bertz CT molecular complexity index is 232. The van der Waals surface area contributed by atoms with Crippen LogP contribution in [0.25, 0.3) is 0 Å². The summed E-state index contributed by atoms with van der Waals surface area (Å²) in [6, 6.07) is 0. The van der Waals surface area contributed by atoms with E-state index < -0.39 is 0 Å². The Morgan fingerprint density at radius 3 is 2.36 bits per heavy atom. The summed E-state index contributed by atoms with van der Waals surface area (Å²) in [5, 5.41) is 0. The van der Waals surface area contributed by atoms with E-state index in [1.165, 1.54) is 4.88 Å². The zero-order valence-electron chi connectivity index (χ0n) is 7.72. The van der Waals surface area contributed by atoms with Crippen molar-refractivity contribution in [3.05, 3.63) is 16.6 Å². The Labute approximate surface area is 72.7 Å². The summed E-state index contributed by atoms with van der Waals surface area (Å²) in [5.74, 6) is 0. The summed E-state index contributed by atoms with van der Waals surface area (Å²) in [6.07, 6.45) is 3.39. The molecule has 1 aromatic rings. The van der Waals surface area contributed by atoms with E-state index in [2.05, 4.69) is 44.0 Å². The lowest BCUT2D eigenvalue weighted by molar-refractivity contribution is -0.750. The summed E-state index contributed by atoms with van der Waals surface area (Å²) in [6.45, 7) is 8.86. The van der Waals surface area contributed by atoms with E-state index in [9.17, 15) is 0 Å². The van der Waals surface area contributed by atoms with Crippen molar-refractivity contribution < 1.29 is 4.57 Å². The SMILES string of the molecule is CCc1c[n+](C(C)(C)C)cs1. The van der Waals surface area contributed by atoms with E-state index in [1.54, 1.807) is 0 Å². The summed E-state index contributed by atoms with van der Waals surface area (Å²) >= 11 is 1.84. The van der Waals surface area contributed by atoms with E-state index in [1.807, 2.05) is 11.3 Å². The molecular weight excluding hydrogens is 154 g/mol. The Morgan fingerprint density at radius 1 is 1.45 bits per heavy atom.